The second-order valence-electron chi connectivity index (χ2n) is 21.8. The molecule has 0 atom stereocenters. The molecule has 0 aliphatic heterocycles. The molecule has 4 aromatic heterocycles. The summed E-state index contributed by atoms with van der Waals surface area (Å²) in [5.74, 6) is 0. The standard InChI is InChI=1S/C30H21NO.C19H27NSi.C16H19N.Ir/c1-20-18-27(31-19-26(20)22-12-6-3-7-13-22)24-15-8-16-25-29-23(21-10-4-2-5-11-21)14-9-17-28(29)32-30(24)25;1-19(2,3)13-16-12-17(15-10-8-7-9-11-15)20-14-18(16)21(4,5)6;1-16(2,3)12-13-9-10-17-15(11-13)14-7-5-4-6-8-14;/h2-19H,1H3;7-12,14H,13H2,1-6H3;4-11H,12H2,1-3H3;. The van der Waals surface area contributed by atoms with Crippen LogP contribution >= 0.6 is 0 Å². The van der Waals surface area contributed by atoms with Crippen LogP contribution in [0.15, 0.2) is 205 Å². The first-order valence-electron chi connectivity index (χ1n) is 24.6. The Morgan fingerprint density at radius 3 is 1.52 bits per heavy atom. The van der Waals surface area contributed by atoms with Crippen molar-refractivity contribution >= 4 is 35.2 Å². The van der Waals surface area contributed by atoms with E-state index in [4.69, 9.17) is 14.4 Å². The fourth-order valence-corrected chi connectivity index (χ4v) is 10.7. The molecule has 6 heteroatoms. The van der Waals surface area contributed by atoms with Crippen LogP contribution in [0.25, 0.3) is 78.0 Å². The van der Waals surface area contributed by atoms with E-state index in [2.05, 4.69) is 225 Å². The molecule has 0 unspecified atom stereocenters. The van der Waals surface area contributed by atoms with E-state index in [0.29, 0.717) is 10.8 Å². The number of fused-ring (bicyclic) bond motifs is 3. The second kappa shape index (κ2) is 22.7. The van der Waals surface area contributed by atoms with Gasteiger partial charge in [-0.15, -0.1) is 0 Å². The van der Waals surface area contributed by atoms with Crippen molar-refractivity contribution in [2.24, 2.45) is 10.8 Å². The topological polar surface area (TPSA) is 51.8 Å². The van der Waals surface area contributed by atoms with Crippen molar-refractivity contribution in [2.75, 3.05) is 0 Å². The summed E-state index contributed by atoms with van der Waals surface area (Å²) in [5, 5.41) is 3.76. The van der Waals surface area contributed by atoms with Crippen LogP contribution in [-0.2, 0) is 32.9 Å². The van der Waals surface area contributed by atoms with Gasteiger partial charge in [-0.25, -0.2) is 0 Å². The van der Waals surface area contributed by atoms with Gasteiger partial charge in [0.2, 0.25) is 0 Å². The number of aromatic nitrogens is 3. The number of aryl methyl sites for hydroxylation is 1. The molecule has 0 N–H and O–H groups in total. The van der Waals surface area contributed by atoms with Gasteiger partial charge in [0, 0.05) is 71.7 Å². The summed E-state index contributed by atoms with van der Waals surface area (Å²) in [6.45, 7) is 23.0. The number of furan rings is 1. The van der Waals surface area contributed by atoms with Crippen molar-refractivity contribution in [1.82, 2.24) is 15.0 Å². The molecule has 0 saturated heterocycles. The third kappa shape index (κ3) is 13.4. The maximum Gasteiger partial charge on any atom is 0.144 e. The molecule has 4 nitrogen and oxygen atoms in total. The van der Waals surface area contributed by atoms with Gasteiger partial charge >= 0.3 is 0 Å². The summed E-state index contributed by atoms with van der Waals surface area (Å²) in [6, 6.07) is 63.0. The summed E-state index contributed by atoms with van der Waals surface area (Å²) < 4.78 is 6.41. The minimum absolute atomic E-state index is 0. The predicted molar refractivity (Wildman–Crippen MR) is 301 cm³/mol. The molecule has 0 aliphatic carbocycles. The van der Waals surface area contributed by atoms with E-state index >= 15 is 0 Å². The maximum absolute atomic E-state index is 6.41. The van der Waals surface area contributed by atoms with Crippen LogP contribution < -0.4 is 5.19 Å². The van der Waals surface area contributed by atoms with Gasteiger partial charge in [-0.1, -0.05) is 207 Å². The van der Waals surface area contributed by atoms with E-state index in [0.717, 1.165) is 63.0 Å². The van der Waals surface area contributed by atoms with Gasteiger partial charge in [0.05, 0.1) is 25.2 Å². The van der Waals surface area contributed by atoms with Crippen LogP contribution in [0.5, 0.6) is 0 Å². The van der Waals surface area contributed by atoms with Gasteiger partial charge in [-0.05, 0) is 106 Å². The van der Waals surface area contributed by atoms with E-state index in [1.807, 2.05) is 48.8 Å². The number of para-hydroxylation sites is 1. The minimum Gasteiger partial charge on any atom is -0.455 e. The molecule has 0 amide bonds. The van der Waals surface area contributed by atoms with Crippen LogP contribution in [-0.4, -0.2) is 23.0 Å². The van der Waals surface area contributed by atoms with Crippen molar-refractivity contribution in [2.45, 2.75) is 80.9 Å². The quantitative estimate of drug-likeness (QED) is 0.142. The fraction of sp³-hybridized carbons (Fsp3) is 0.215. The number of nitrogens with zero attached hydrogens (tertiary/aromatic N) is 3. The zero-order valence-electron chi connectivity index (χ0n) is 43.0. The summed E-state index contributed by atoms with van der Waals surface area (Å²) >= 11 is 0. The largest absolute Gasteiger partial charge is 0.455 e. The second-order valence-corrected chi connectivity index (χ2v) is 26.9. The number of rotatable bonds is 8. The molecule has 0 bridgehead atoms. The molecule has 10 aromatic rings. The Hall–Kier alpha value is -6.56. The first kappa shape index (κ1) is 52.3. The SMILES string of the molecule is CC(C)(C)Cc1cc(-c2ccccc2)ncc1[Si](C)(C)C.CC(C)(C)Cc1ccnc(-c2ccccc2)c1.Cc1cc(-c2cccc3c2oc2cccc(-c4ccccc4)c23)ncc1-c1ccccc1.[Ir]. The van der Waals surface area contributed by atoms with E-state index in [1.165, 1.54) is 49.7 Å². The van der Waals surface area contributed by atoms with Crippen molar-refractivity contribution in [3.05, 3.63) is 217 Å². The predicted octanol–water partition coefficient (Wildman–Crippen LogP) is 17.5. The molecule has 0 spiro atoms. The number of hydrogen-bond acceptors (Lipinski definition) is 4. The van der Waals surface area contributed by atoms with E-state index < -0.39 is 8.07 Å². The van der Waals surface area contributed by atoms with E-state index in [-0.39, 0.29) is 20.1 Å². The molecule has 361 valence electrons. The molecule has 4 heterocycles. The molecule has 6 aromatic carbocycles. The van der Waals surface area contributed by atoms with Crippen molar-refractivity contribution in [3.63, 3.8) is 0 Å². The molecule has 1 radical (unpaired) electrons. The van der Waals surface area contributed by atoms with Crippen molar-refractivity contribution < 1.29 is 24.5 Å². The zero-order chi connectivity index (χ0) is 49.5. The summed E-state index contributed by atoms with van der Waals surface area (Å²) in [5.41, 5.74) is 17.6. The number of benzene rings is 6. The third-order valence-corrected chi connectivity index (χ3v) is 14.4. The fourth-order valence-electron chi connectivity index (χ4n) is 9.15. The smallest absolute Gasteiger partial charge is 0.144 e. The molecule has 71 heavy (non-hydrogen) atoms. The minimum atomic E-state index is -1.36. The number of hydrogen-bond donors (Lipinski definition) is 0. The Kier molecular flexibility index (Phi) is 16.7. The van der Waals surface area contributed by atoms with Crippen LogP contribution in [0.4, 0.5) is 0 Å². The average Bonchev–Trinajstić information content (AvgIpc) is 3.74. The Morgan fingerprint density at radius 1 is 0.465 bits per heavy atom. The van der Waals surface area contributed by atoms with Gasteiger partial charge < -0.3 is 4.42 Å². The Labute approximate surface area is 437 Å². The monoisotopic (exact) mass is 1130 g/mol. The van der Waals surface area contributed by atoms with Crippen LogP contribution in [0, 0.1) is 17.8 Å². The Morgan fingerprint density at radius 2 is 0.972 bits per heavy atom. The van der Waals surface area contributed by atoms with Crippen molar-refractivity contribution in [1.29, 1.82) is 0 Å². The van der Waals surface area contributed by atoms with Crippen LogP contribution in [0.3, 0.4) is 0 Å². The van der Waals surface area contributed by atoms with Gasteiger partial charge in [0.15, 0.2) is 0 Å². The Balaban J connectivity index is 0.000000166. The molecule has 0 fully saturated rings. The molecular formula is C65H67IrN3OSi. The first-order valence-corrected chi connectivity index (χ1v) is 28.1. The third-order valence-electron chi connectivity index (χ3n) is 12.3. The summed E-state index contributed by atoms with van der Waals surface area (Å²) in [7, 11) is -1.36. The summed E-state index contributed by atoms with van der Waals surface area (Å²) in [6.07, 6.45) is 8.19. The van der Waals surface area contributed by atoms with E-state index in [1.54, 1.807) is 0 Å². The van der Waals surface area contributed by atoms with Gasteiger partial charge in [-0.2, -0.15) is 0 Å². The zero-order valence-corrected chi connectivity index (χ0v) is 46.4. The van der Waals surface area contributed by atoms with Gasteiger partial charge in [0.1, 0.15) is 11.2 Å². The average molecular weight is 1130 g/mol. The molecule has 0 saturated carbocycles. The molecular weight excluding hydrogens is 1060 g/mol. The van der Waals surface area contributed by atoms with Gasteiger partial charge in [0.25, 0.3) is 0 Å². The van der Waals surface area contributed by atoms with Gasteiger partial charge in [-0.3, -0.25) is 15.0 Å². The van der Waals surface area contributed by atoms with E-state index in [9.17, 15) is 0 Å². The van der Waals surface area contributed by atoms with Crippen molar-refractivity contribution in [3.8, 4) is 56.0 Å². The normalized spacial score (nSPS) is 11.5. The number of pyridine rings is 3. The van der Waals surface area contributed by atoms with Crippen LogP contribution in [0.2, 0.25) is 19.6 Å². The summed E-state index contributed by atoms with van der Waals surface area (Å²) in [4.78, 5) is 14.0. The molecule has 10 rings (SSSR count). The Bertz CT molecular complexity index is 3310. The maximum atomic E-state index is 6.41. The first-order chi connectivity index (χ1) is 33.5. The van der Waals surface area contributed by atoms with Crippen LogP contribution in [0.1, 0.15) is 58.2 Å². The molecule has 0 aliphatic rings.